The van der Waals surface area contributed by atoms with Gasteiger partial charge in [-0.25, -0.2) is 0 Å². The number of fused-ring (bicyclic) bond motifs is 1. The maximum absolute atomic E-state index is 9.32. The van der Waals surface area contributed by atoms with Gasteiger partial charge in [0.05, 0.1) is 0 Å². The number of benzene rings is 1. The van der Waals surface area contributed by atoms with Gasteiger partial charge < -0.3 is 0 Å². The molecule has 0 saturated carbocycles. The number of halogens is 1. The molecule has 2 rings (SSSR count). The van der Waals surface area contributed by atoms with E-state index in [9.17, 15) is 3.44 Å². The van der Waals surface area contributed by atoms with Crippen LogP contribution in [0.3, 0.4) is 0 Å². The van der Waals surface area contributed by atoms with Gasteiger partial charge in [0.15, 0.2) is 0 Å². The zero-order chi connectivity index (χ0) is 6.97. The third-order valence-corrected chi connectivity index (χ3v) is 4.39. The van der Waals surface area contributed by atoms with E-state index < -0.39 is 20.6 Å². The summed E-state index contributed by atoms with van der Waals surface area (Å²) in [6.45, 7) is 0.609. The Kier molecular flexibility index (Phi) is 1.63. The molecule has 0 bridgehead atoms. The molecule has 54 valence electrons. The molecule has 1 aliphatic rings. The van der Waals surface area contributed by atoms with Gasteiger partial charge >= 0.3 is 67.2 Å². The zero-order valence-electron chi connectivity index (χ0n) is 5.25. The van der Waals surface area contributed by atoms with Gasteiger partial charge in [0.25, 0.3) is 0 Å². The van der Waals surface area contributed by atoms with Crippen molar-refractivity contribution in [3.63, 3.8) is 0 Å². The Bertz CT molecular complexity index is 249. The molecule has 0 aliphatic carbocycles. The Morgan fingerprint density at radius 1 is 1.40 bits per heavy atom. The molecule has 0 saturated heterocycles. The third kappa shape index (κ3) is 0.941. The third-order valence-electron chi connectivity index (χ3n) is 1.45. The van der Waals surface area contributed by atoms with E-state index in [0.29, 0.717) is 6.61 Å². The van der Waals surface area contributed by atoms with Crippen molar-refractivity contribution in [2.75, 3.05) is 0 Å². The van der Waals surface area contributed by atoms with Crippen LogP contribution in [-0.2, 0) is 9.67 Å². The van der Waals surface area contributed by atoms with Crippen molar-refractivity contribution in [3.05, 3.63) is 33.4 Å². The summed E-state index contributed by atoms with van der Waals surface area (Å²) < 4.78 is 15.5. The van der Waals surface area contributed by atoms with Crippen molar-refractivity contribution in [1.82, 2.24) is 0 Å². The van der Waals surface area contributed by atoms with E-state index in [2.05, 4.69) is 0 Å². The fraction of sp³-hybridized carbons (Fsp3) is 0.143. The molecule has 0 amide bonds. The molecule has 0 spiro atoms. The average molecular weight is 250 g/mol. The Balaban J connectivity index is 2.51. The van der Waals surface area contributed by atoms with E-state index >= 15 is 0 Å². The number of hydrogen-bond donors (Lipinski definition) is 1. The monoisotopic (exact) mass is 250 g/mol. The van der Waals surface area contributed by atoms with Gasteiger partial charge in [0.2, 0.25) is 0 Å². The molecule has 0 radical (unpaired) electrons. The van der Waals surface area contributed by atoms with Gasteiger partial charge in [-0.15, -0.1) is 0 Å². The predicted octanol–water partition coefficient (Wildman–Crippen LogP) is 1.72. The van der Waals surface area contributed by atoms with Crippen LogP contribution in [0.4, 0.5) is 0 Å². The predicted molar refractivity (Wildman–Crippen MR) is 46.2 cm³/mol. The van der Waals surface area contributed by atoms with E-state index in [4.69, 9.17) is 3.07 Å². The summed E-state index contributed by atoms with van der Waals surface area (Å²) in [6.07, 6.45) is 0. The molecule has 1 aliphatic heterocycles. The first kappa shape index (κ1) is 6.57. The first-order valence-corrected chi connectivity index (χ1v) is 5.91. The Hall–Kier alpha value is -0.130. The van der Waals surface area contributed by atoms with Crippen LogP contribution in [0.2, 0.25) is 0 Å². The van der Waals surface area contributed by atoms with Crippen molar-refractivity contribution in [3.8, 4) is 0 Å². The van der Waals surface area contributed by atoms with Gasteiger partial charge in [-0.05, 0) is 0 Å². The molecule has 0 unspecified atom stereocenters. The standard InChI is InChI=1S/C7H7IO2/c9-8-7-4-2-1-3-6(7)5-10-8/h1-4,9H,5H2. The topological polar surface area (TPSA) is 29.5 Å². The average Bonchev–Trinajstić information content (AvgIpc) is 2.34. The summed E-state index contributed by atoms with van der Waals surface area (Å²) >= 11 is -2.11. The molecule has 0 aromatic heterocycles. The summed E-state index contributed by atoms with van der Waals surface area (Å²) in [7, 11) is 0. The van der Waals surface area contributed by atoms with Crippen molar-refractivity contribution in [1.29, 1.82) is 0 Å². The molecular formula is C7H7IO2. The second-order valence-electron chi connectivity index (χ2n) is 2.08. The van der Waals surface area contributed by atoms with E-state index in [0.717, 1.165) is 9.13 Å². The van der Waals surface area contributed by atoms with E-state index in [1.165, 1.54) is 0 Å². The van der Waals surface area contributed by atoms with Crippen LogP contribution in [0.5, 0.6) is 0 Å². The zero-order valence-corrected chi connectivity index (χ0v) is 7.41. The van der Waals surface area contributed by atoms with Crippen LogP contribution in [-0.4, -0.2) is 3.44 Å². The first-order chi connectivity index (χ1) is 4.88. The fourth-order valence-electron chi connectivity index (χ4n) is 0.942. The second-order valence-corrected chi connectivity index (χ2v) is 5.18. The Labute approximate surface area is 67.3 Å². The second kappa shape index (κ2) is 2.48. The number of hydrogen-bond acceptors (Lipinski definition) is 2. The molecule has 1 aromatic carbocycles. The van der Waals surface area contributed by atoms with E-state index in [1.54, 1.807) is 0 Å². The molecule has 3 heteroatoms. The van der Waals surface area contributed by atoms with Crippen LogP contribution in [0.15, 0.2) is 24.3 Å². The van der Waals surface area contributed by atoms with Crippen LogP contribution in [0.1, 0.15) is 5.56 Å². The summed E-state index contributed by atoms with van der Waals surface area (Å²) in [5, 5.41) is 0. The maximum atomic E-state index is 9.32. The molecule has 1 heterocycles. The van der Waals surface area contributed by atoms with Crippen molar-refractivity contribution in [2.24, 2.45) is 0 Å². The summed E-state index contributed by atoms with van der Waals surface area (Å²) in [4.78, 5) is 0. The van der Waals surface area contributed by atoms with Gasteiger partial charge in [-0.2, -0.15) is 0 Å². The van der Waals surface area contributed by atoms with Crippen molar-refractivity contribution >= 4 is 20.6 Å². The van der Waals surface area contributed by atoms with E-state index in [-0.39, 0.29) is 0 Å². The van der Waals surface area contributed by atoms with Gasteiger partial charge in [-0.1, -0.05) is 0 Å². The van der Waals surface area contributed by atoms with Gasteiger partial charge in [0.1, 0.15) is 0 Å². The first-order valence-electron chi connectivity index (χ1n) is 2.98. The van der Waals surface area contributed by atoms with Crippen LogP contribution >= 0.6 is 20.6 Å². The minimum atomic E-state index is -2.11. The molecule has 0 fully saturated rings. The SMILES string of the molecule is OI1OCc2ccccc21. The normalized spacial score (nSPS) is 19.1. The minimum absolute atomic E-state index is 0.609. The summed E-state index contributed by atoms with van der Waals surface area (Å²) in [5.41, 5.74) is 1.16. The molecule has 1 aromatic rings. The van der Waals surface area contributed by atoms with Crippen LogP contribution in [0, 0.1) is 3.57 Å². The Morgan fingerprint density at radius 2 is 2.20 bits per heavy atom. The molecule has 10 heavy (non-hydrogen) atoms. The van der Waals surface area contributed by atoms with Crippen LogP contribution < -0.4 is 0 Å². The van der Waals surface area contributed by atoms with Crippen molar-refractivity contribution < 1.29 is 6.50 Å². The number of rotatable bonds is 0. The Morgan fingerprint density at radius 3 is 3.00 bits per heavy atom. The fourth-order valence-corrected chi connectivity index (χ4v) is 3.35. The van der Waals surface area contributed by atoms with Gasteiger partial charge in [0, 0.05) is 0 Å². The quantitative estimate of drug-likeness (QED) is 0.710. The van der Waals surface area contributed by atoms with Crippen LogP contribution in [0.25, 0.3) is 0 Å². The molecule has 0 atom stereocenters. The summed E-state index contributed by atoms with van der Waals surface area (Å²) in [6, 6.07) is 7.86. The molecule has 1 N–H and O–H groups in total. The molecule has 2 nitrogen and oxygen atoms in total. The van der Waals surface area contributed by atoms with Crippen molar-refractivity contribution in [2.45, 2.75) is 6.61 Å². The van der Waals surface area contributed by atoms with E-state index in [1.807, 2.05) is 24.3 Å². The van der Waals surface area contributed by atoms with Gasteiger partial charge in [-0.3, -0.25) is 0 Å². The summed E-state index contributed by atoms with van der Waals surface area (Å²) in [5.74, 6) is 0. The molecular weight excluding hydrogens is 243 g/mol.